The highest BCUT2D eigenvalue weighted by atomic mass is 16.5. The summed E-state index contributed by atoms with van der Waals surface area (Å²) in [6, 6.07) is 11.2. The van der Waals surface area contributed by atoms with E-state index in [0.717, 1.165) is 74.8 Å². The van der Waals surface area contributed by atoms with Crippen LogP contribution in [-0.4, -0.2) is 52.4 Å². The van der Waals surface area contributed by atoms with Gasteiger partial charge >= 0.3 is 0 Å². The average molecular weight is 473 g/mol. The Hall–Kier alpha value is -3.72. The van der Waals surface area contributed by atoms with Crippen LogP contribution in [0.25, 0.3) is 22.5 Å². The summed E-state index contributed by atoms with van der Waals surface area (Å²) >= 11 is 0. The number of H-pyrrole nitrogens is 1. The first-order chi connectivity index (χ1) is 17.2. The maximum Gasteiger partial charge on any atom is 0.274 e. The van der Waals surface area contributed by atoms with Crippen LogP contribution in [0.4, 0.5) is 11.4 Å². The molecule has 0 bridgehead atoms. The number of rotatable bonds is 5. The number of nitrogens with one attached hydrogen (secondary N) is 2. The van der Waals surface area contributed by atoms with Crippen molar-refractivity contribution in [3.8, 4) is 11.4 Å². The van der Waals surface area contributed by atoms with Crippen LogP contribution >= 0.6 is 0 Å². The van der Waals surface area contributed by atoms with Crippen LogP contribution in [-0.2, 0) is 4.74 Å². The standard InChI is InChI=1S/C26H28N6O3/c33-25(20-6-4-5-18(28-20)19-7-10-27-31-19)29-21-16-24-22(15-23(21)32-11-2-1-3-12-32)30-26(35-24)17-8-13-34-14-9-17/h4-7,10,15-17H,1-3,8-9,11-14H2,(H,27,31)(H,29,33). The van der Waals surface area contributed by atoms with Gasteiger partial charge in [-0.25, -0.2) is 9.97 Å². The highest BCUT2D eigenvalue weighted by Crippen LogP contribution is 2.36. The molecule has 9 heteroatoms. The predicted octanol–water partition coefficient (Wildman–Crippen LogP) is 4.75. The Morgan fingerprint density at radius 1 is 1.06 bits per heavy atom. The van der Waals surface area contributed by atoms with Gasteiger partial charge < -0.3 is 19.4 Å². The zero-order valence-corrected chi connectivity index (χ0v) is 19.5. The Morgan fingerprint density at radius 3 is 2.71 bits per heavy atom. The third-order valence-electron chi connectivity index (χ3n) is 6.80. The van der Waals surface area contributed by atoms with Gasteiger partial charge in [-0.3, -0.25) is 9.89 Å². The van der Waals surface area contributed by atoms with E-state index in [4.69, 9.17) is 14.1 Å². The minimum absolute atomic E-state index is 0.266. The zero-order chi connectivity index (χ0) is 23.6. The average Bonchev–Trinajstić information content (AvgIpc) is 3.60. The molecule has 180 valence electrons. The molecule has 2 N–H and O–H groups in total. The van der Waals surface area contributed by atoms with Gasteiger partial charge in [0.2, 0.25) is 0 Å². The summed E-state index contributed by atoms with van der Waals surface area (Å²) in [5, 5.41) is 9.97. The fourth-order valence-corrected chi connectivity index (χ4v) is 4.89. The van der Waals surface area contributed by atoms with Gasteiger partial charge in [0.25, 0.3) is 5.91 Å². The SMILES string of the molecule is O=C(Nc1cc2oc(C3CCOCC3)nc2cc1N1CCCCC1)c1cccc(-c2ccn[nH]2)n1. The summed E-state index contributed by atoms with van der Waals surface area (Å²) in [7, 11) is 0. The number of hydrogen-bond acceptors (Lipinski definition) is 7. The molecule has 2 aliphatic rings. The number of benzene rings is 1. The number of piperidine rings is 1. The van der Waals surface area contributed by atoms with Gasteiger partial charge in [-0.05, 0) is 56.4 Å². The van der Waals surface area contributed by atoms with Crippen molar-refractivity contribution in [1.29, 1.82) is 0 Å². The van der Waals surface area contributed by atoms with Gasteiger partial charge in [0.15, 0.2) is 11.5 Å². The van der Waals surface area contributed by atoms with Crippen LogP contribution in [0.1, 0.15) is 54.4 Å². The van der Waals surface area contributed by atoms with E-state index in [1.165, 1.54) is 6.42 Å². The zero-order valence-electron chi connectivity index (χ0n) is 19.5. The van der Waals surface area contributed by atoms with Crippen molar-refractivity contribution in [1.82, 2.24) is 20.2 Å². The van der Waals surface area contributed by atoms with Crippen LogP contribution in [0.15, 0.2) is 47.0 Å². The number of ether oxygens (including phenoxy) is 1. The van der Waals surface area contributed by atoms with Gasteiger partial charge in [0, 0.05) is 44.5 Å². The van der Waals surface area contributed by atoms with E-state index >= 15 is 0 Å². The van der Waals surface area contributed by atoms with Crippen molar-refractivity contribution in [3.05, 3.63) is 54.2 Å². The van der Waals surface area contributed by atoms with E-state index in [0.29, 0.717) is 22.7 Å². The number of carbonyl (C=O) groups excluding carboxylic acids is 1. The van der Waals surface area contributed by atoms with Crippen LogP contribution in [0.5, 0.6) is 0 Å². The van der Waals surface area contributed by atoms with E-state index in [1.54, 1.807) is 12.3 Å². The molecule has 0 radical (unpaired) electrons. The lowest BCUT2D eigenvalue weighted by Gasteiger charge is -2.30. The van der Waals surface area contributed by atoms with Crippen molar-refractivity contribution < 1.29 is 13.9 Å². The molecule has 1 aromatic carbocycles. The smallest absolute Gasteiger partial charge is 0.274 e. The van der Waals surface area contributed by atoms with Gasteiger partial charge in [-0.2, -0.15) is 5.10 Å². The number of nitrogens with zero attached hydrogens (tertiary/aromatic N) is 4. The van der Waals surface area contributed by atoms with Crippen molar-refractivity contribution >= 4 is 28.4 Å². The molecule has 2 saturated heterocycles. The van der Waals surface area contributed by atoms with Crippen molar-refractivity contribution in [2.75, 3.05) is 36.5 Å². The molecule has 1 amide bonds. The van der Waals surface area contributed by atoms with Crippen LogP contribution in [0, 0.1) is 0 Å². The van der Waals surface area contributed by atoms with Crippen molar-refractivity contribution in [2.24, 2.45) is 0 Å². The number of hydrogen-bond donors (Lipinski definition) is 2. The lowest BCUT2D eigenvalue weighted by Crippen LogP contribution is -2.30. The number of fused-ring (bicyclic) bond motifs is 1. The maximum atomic E-state index is 13.3. The first-order valence-corrected chi connectivity index (χ1v) is 12.3. The fourth-order valence-electron chi connectivity index (χ4n) is 4.89. The summed E-state index contributed by atoms with van der Waals surface area (Å²) in [4.78, 5) is 25.0. The molecule has 5 heterocycles. The Labute approximate surface area is 202 Å². The molecule has 0 atom stereocenters. The third-order valence-corrected chi connectivity index (χ3v) is 6.80. The number of amides is 1. The van der Waals surface area contributed by atoms with Crippen molar-refractivity contribution in [2.45, 2.75) is 38.0 Å². The van der Waals surface area contributed by atoms with Crippen LogP contribution < -0.4 is 10.2 Å². The van der Waals surface area contributed by atoms with Gasteiger partial charge in [-0.15, -0.1) is 0 Å². The molecule has 4 aromatic rings. The minimum atomic E-state index is -0.270. The number of carbonyl (C=O) groups is 1. The Balaban J connectivity index is 1.34. The summed E-state index contributed by atoms with van der Waals surface area (Å²) in [6.45, 7) is 3.36. The number of aromatic amines is 1. The van der Waals surface area contributed by atoms with E-state index in [9.17, 15) is 4.79 Å². The highest BCUT2D eigenvalue weighted by Gasteiger charge is 2.24. The summed E-state index contributed by atoms with van der Waals surface area (Å²) in [5.41, 5.74) is 4.96. The molecule has 2 fully saturated rings. The summed E-state index contributed by atoms with van der Waals surface area (Å²) < 4.78 is 11.7. The quantitative estimate of drug-likeness (QED) is 0.431. The lowest BCUT2D eigenvalue weighted by molar-refractivity contribution is 0.0798. The van der Waals surface area contributed by atoms with Crippen LogP contribution in [0.2, 0.25) is 0 Å². The number of pyridine rings is 1. The lowest BCUT2D eigenvalue weighted by atomic mass is 10.0. The third kappa shape index (κ3) is 4.51. The van der Waals surface area contributed by atoms with E-state index in [1.807, 2.05) is 24.3 Å². The molecule has 3 aromatic heterocycles. The van der Waals surface area contributed by atoms with E-state index in [-0.39, 0.29) is 11.8 Å². The number of aromatic nitrogens is 4. The Kier molecular flexibility index (Phi) is 5.91. The number of anilines is 2. The Bertz CT molecular complexity index is 1320. The topological polar surface area (TPSA) is 109 Å². The summed E-state index contributed by atoms with van der Waals surface area (Å²) in [5.74, 6) is 0.750. The minimum Gasteiger partial charge on any atom is -0.440 e. The normalized spacial score (nSPS) is 17.1. The highest BCUT2D eigenvalue weighted by molar-refractivity contribution is 6.06. The molecule has 0 saturated carbocycles. The molecule has 0 aliphatic carbocycles. The summed E-state index contributed by atoms with van der Waals surface area (Å²) in [6.07, 6.45) is 6.97. The molecule has 35 heavy (non-hydrogen) atoms. The molecule has 0 unspecified atom stereocenters. The predicted molar refractivity (Wildman–Crippen MR) is 133 cm³/mol. The van der Waals surface area contributed by atoms with Gasteiger partial charge in [0.05, 0.1) is 22.8 Å². The van der Waals surface area contributed by atoms with Crippen LogP contribution in [0.3, 0.4) is 0 Å². The molecule has 9 nitrogen and oxygen atoms in total. The Morgan fingerprint density at radius 2 is 1.91 bits per heavy atom. The molecule has 2 aliphatic heterocycles. The second-order valence-electron chi connectivity index (χ2n) is 9.16. The van der Waals surface area contributed by atoms with Gasteiger partial charge in [0.1, 0.15) is 11.2 Å². The maximum absolute atomic E-state index is 13.3. The fraction of sp³-hybridized carbons (Fsp3) is 0.385. The largest absolute Gasteiger partial charge is 0.440 e. The molecular formula is C26H28N6O3. The first-order valence-electron chi connectivity index (χ1n) is 12.3. The van der Waals surface area contributed by atoms with E-state index < -0.39 is 0 Å². The van der Waals surface area contributed by atoms with E-state index in [2.05, 4.69) is 31.5 Å². The van der Waals surface area contributed by atoms with Gasteiger partial charge in [-0.1, -0.05) is 6.07 Å². The molecule has 0 spiro atoms. The second-order valence-corrected chi connectivity index (χ2v) is 9.16. The molecule has 6 rings (SSSR count). The number of oxazole rings is 1. The van der Waals surface area contributed by atoms with Crippen molar-refractivity contribution in [3.63, 3.8) is 0 Å². The first kappa shape index (κ1) is 21.8. The monoisotopic (exact) mass is 472 g/mol. The second kappa shape index (κ2) is 9.50. The molecular weight excluding hydrogens is 444 g/mol.